The average Bonchev–Trinajstić information content (AvgIpc) is 2.52. The van der Waals surface area contributed by atoms with Gasteiger partial charge in [-0.3, -0.25) is 4.79 Å². The van der Waals surface area contributed by atoms with Crippen LogP contribution in [-0.4, -0.2) is 45.3 Å². The second-order valence-electron chi connectivity index (χ2n) is 6.23. The Kier molecular flexibility index (Phi) is 7.66. The summed E-state index contributed by atoms with van der Waals surface area (Å²) in [6.07, 6.45) is 1.71. The second-order valence-corrected chi connectivity index (χ2v) is 8.38. The number of nitrogens with zero attached hydrogens (tertiary/aromatic N) is 1. The van der Waals surface area contributed by atoms with Crippen LogP contribution in [0.5, 0.6) is 0 Å². The Balaban J connectivity index is 0.00000288. The molecule has 0 bridgehead atoms. The number of sulfonamides is 1. The first kappa shape index (κ1) is 20.9. The fraction of sp³-hybridized carbons (Fsp3) is 0.562. The normalized spacial score (nSPS) is 21.2. The molecule has 2 atom stereocenters. The highest BCUT2D eigenvalue weighted by molar-refractivity contribution is 7.89. The highest BCUT2D eigenvalue weighted by atomic mass is 35.5. The van der Waals surface area contributed by atoms with Gasteiger partial charge in [0.25, 0.3) is 0 Å². The number of piperidine rings is 1. The first-order chi connectivity index (χ1) is 10.8. The van der Waals surface area contributed by atoms with Crippen LogP contribution in [0.15, 0.2) is 29.2 Å². The van der Waals surface area contributed by atoms with E-state index in [1.807, 2.05) is 0 Å². The number of amides is 1. The Morgan fingerprint density at radius 2 is 1.92 bits per heavy atom. The van der Waals surface area contributed by atoms with Crippen molar-refractivity contribution in [3.63, 3.8) is 0 Å². The Bertz CT molecular complexity index is 647. The number of hydrogen-bond donors (Lipinski definition) is 2. The topological polar surface area (TPSA) is 78.5 Å². The van der Waals surface area contributed by atoms with E-state index in [4.69, 9.17) is 0 Å². The highest BCUT2D eigenvalue weighted by Crippen LogP contribution is 2.17. The summed E-state index contributed by atoms with van der Waals surface area (Å²) in [6.45, 7) is 3.37. The van der Waals surface area contributed by atoms with E-state index in [-0.39, 0.29) is 29.1 Å². The van der Waals surface area contributed by atoms with Gasteiger partial charge in [-0.2, -0.15) is 0 Å². The molecule has 0 radical (unpaired) electrons. The molecular formula is C16H26ClN3O3S. The number of nitrogens with one attached hydrogen (secondary N) is 2. The maximum Gasteiger partial charge on any atom is 0.242 e. The van der Waals surface area contributed by atoms with Crippen LogP contribution in [0.3, 0.4) is 0 Å². The van der Waals surface area contributed by atoms with Crippen LogP contribution >= 0.6 is 12.4 Å². The number of hydrogen-bond acceptors (Lipinski definition) is 4. The zero-order chi connectivity index (χ0) is 17.0. The Hall–Kier alpha value is -1.15. The van der Waals surface area contributed by atoms with Gasteiger partial charge in [0.05, 0.1) is 4.90 Å². The van der Waals surface area contributed by atoms with Crippen LogP contribution < -0.4 is 10.6 Å². The molecule has 2 rings (SSSR count). The van der Waals surface area contributed by atoms with E-state index in [9.17, 15) is 13.2 Å². The Morgan fingerprint density at radius 1 is 1.29 bits per heavy atom. The van der Waals surface area contributed by atoms with E-state index < -0.39 is 10.0 Å². The largest absolute Gasteiger partial charge is 0.352 e. The standard InChI is InChI=1S/C16H25N3O3S.ClH/c1-12-10-14(8-9-17-12)16(20)18-11-13-4-6-15(7-5-13)23(21,22)19(2)3;/h4-7,12,14,17H,8-11H2,1-3H3,(H,18,20);1H/t12-,14-;/m0./s1. The maximum atomic E-state index is 12.2. The molecule has 1 aromatic rings. The monoisotopic (exact) mass is 375 g/mol. The predicted octanol–water partition coefficient (Wildman–Crippen LogP) is 1.36. The van der Waals surface area contributed by atoms with E-state index in [0.29, 0.717) is 12.6 Å². The molecule has 1 fully saturated rings. The van der Waals surface area contributed by atoms with Crippen LogP contribution in [0.4, 0.5) is 0 Å². The summed E-state index contributed by atoms with van der Waals surface area (Å²) in [5, 5.41) is 6.27. The second kappa shape index (κ2) is 8.80. The molecule has 0 saturated carbocycles. The molecule has 0 aromatic heterocycles. The Morgan fingerprint density at radius 3 is 2.46 bits per heavy atom. The van der Waals surface area contributed by atoms with Crippen LogP contribution in [0.1, 0.15) is 25.3 Å². The van der Waals surface area contributed by atoms with Gasteiger partial charge in [-0.05, 0) is 44.0 Å². The number of halogens is 1. The molecule has 2 N–H and O–H groups in total. The lowest BCUT2D eigenvalue weighted by Crippen LogP contribution is -2.42. The number of benzene rings is 1. The summed E-state index contributed by atoms with van der Waals surface area (Å²) in [5.41, 5.74) is 0.887. The van der Waals surface area contributed by atoms with E-state index in [1.54, 1.807) is 24.3 Å². The molecule has 1 saturated heterocycles. The van der Waals surface area contributed by atoms with Gasteiger partial charge in [0.2, 0.25) is 15.9 Å². The number of carbonyl (C=O) groups is 1. The molecule has 0 aliphatic carbocycles. The summed E-state index contributed by atoms with van der Waals surface area (Å²) in [5.74, 6) is 0.128. The van der Waals surface area contributed by atoms with E-state index in [0.717, 1.165) is 24.9 Å². The maximum absolute atomic E-state index is 12.2. The smallest absolute Gasteiger partial charge is 0.242 e. The molecule has 6 nitrogen and oxygen atoms in total. The lowest BCUT2D eigenvalue weighted by molar-refractivity contribution is -0.126. The van der Waals surface area contributed by atoms with Gasteiger partial charge in [-0.15, -0.1) is 12.4 Å². The van der Waals surface area contributed by atoms with Gasteiger partial charge in [0, 0.05) is 32.6 Å². The third kappa shape index (κ3) is 5.17. The third-order valence-corrected chi connectivity index (χ3v) is 5.99. The Labute approximate surface area is 150 Å². The minimum atomic E-state index is -3.41. The van der Waals surface area contributed by atoms with Crippen molar-refractivity contribution in [3.05, 3.63) is 29.8 Å². The molecule has 1 amide bonds. The van der Waals surface area contributed by atoms with Crippen molar-refractivity contribution >= 4 is 28.3 Å². The van der Waals surface area contributed by atoms with Crippen molar-refractivity contribution in [2.45, 2.75) is 37.2 Å². The lowest BCUT2D eigenvalue weighted by Gasteiger charge is -2.27. The molecule has 24 heavy (non-hydrogen) atoms. The highest BCUT2D eigenvalue weighted by Gasteiger charge is 2.24. The molecule has 136 valence electrons. The molecule has 1 aromatic carbocycles. The number of carbonyl (C=O) groups excluding carboxylic acids is 1. The van der Waals surface area contributed by atoms with Crippen molar-refractivity contribution in [1.29, 1.82) is 0 Å². The van der Waals surface area contributed by atoms with Crippen molar-refractivity contribution < 1.29 is 13.2 Å². The fourth-order valence-corrected chi connectivity index (χ4v) is 3.60. The van der Waals surface area contributed by atoms with E-state index >= 15 is 0 Å². The minimum absolute atomic E-state index is 0. The van der Waals surface area contributed by atoms with Gasteiger partial charge in [0.1, 0.15) is 0 Å². The summed E-state index contributed by atoms with van der Waals surface area (Å²) in [4.78, 5) is 12.4. The summed E-state index contributed by atoms with van der Waals surface area (Å²) in [6, 6.07) is 6.99. The van der Waals surface area contributed by atoms with Crippen LogP contribution in [-0.2, 0) is 21.4 Å². The number of rotatable bonds is 5. The predicted molar refractivity (Wildman–Crippen MR) is 96.6 cm³/mol. The first-order valence-corrected chi connectivity index (χ1v) is 9.27. The van der Waals surface area contributed by atoms with Gasteiger partial charge >= 0.3 is 0 Å². The molecule has 0 unspecified atom stereocenters. The van der Waals surface area contributed by atoms with Gasteiger partial charge in [0.15, 0.2) is 0 Å². The van der Waals surface area contributed by atoms with Crippen LogP contribution in [0, 0.1) is 5.92 Å². The van der Waals surface area contributed by atoms with Crippen molar-refractivity contribution in [1.82, 2.24) is 14.9 Å². The third-order valence-electron chi connectivity index (χ3n) is 4.16. The summed E-state index contributed by atoms with van der Waals surface area (Å²) in [7, 11) is -0.402. The van der Waals surface area contributed by atoms with Crippen LogP contribution in [0.25, 0.3) is 0 Å². The zero-order valence-electron chi connectivity index (χ0n) is 14.3. The lowest BCUT2D eigenvalue weighted by atomic mass is 9.92. The van der Waals surface area contributed by atoms with Crippen molar-refractivity contribution in [2.24, 2.45) is 5.92 Å². The van der Waals surface area contributed by atoms with Gasteiger partial charge < -0.3 is 10.6 Å². The van der Waals surface area contributed by atoms with Gasteiger partial charge in [-0.1, -0.05) is 12.1 Å². The van der Waals surface area contributed by atoms with Crippen LogP contribution in [0.2, 0.25) is 0 Å². The molecule has 0 spiro atoms. The first-order valence-electron chi connectivity index (χ1n) is 7.83. The molecule has 1 aliphatic heterocycles. The average molecular weight is 376 g/mol. The van der Waals surface area contributed by atoms with Crippen molar-refractivity contribution in [3.8, 4) is 0 Å². The molecular weight excluding hydrogens is 350 g/mol. The van der Waals surface area contributed by atoms with Gasteiger partial charge in [-0.25, -0.2) is 12.7 Å². The van der Waals surface area contributed by atoms with Crippen molar-refractivity contribution in [2.75, 3.05) is 20.6 Å². The zero-order valence-corrected chi connectivity index (χ0v) is 15.9. The summed E-state index contributed by atoms with van der Waals surface area (Å²) >= 11 is 0. The summed E-state index contributed by atoms with van der Waals surface area (Å²) < 4.78 is 25.2. The minimum Gasteiger partial charge on any atom is -0.352 e. The molecule has 1 aliphatic rings. The van der Waals surface area contributed by atoms with E-state index in [1.165, 1.54) is 18.4 Å². The molecule has 8 heteroatoms. The quantitative estimate of drug-likeness (QED) is 0.814. The van der Waals surface area contributed by atoms with E-state index in [2.05, 4.69) is 17.6 Å². The fourth-order valence-electron chi connectivity index (χ4n) is 2.69. The SMILES string of the molecule is C[C@H]1C[C@@H](C(=O)NCc2ccc(S(=O)(=O)N(C)C)cc2)CCN1.Cl. The molecule has 1 heterocycles.